The summed E-state index contributed by atoms with van der Waals surface area (Å²) in [5.74, 6) is 0.194. The van der Waals surface area contributed by atoms with Gasteiger partial charge in [-0.05, 0) is 19.8 Å². The topological polar surface area (TPSA) is 61.6 Å². The smallest absolute Gasteiger partial charge is 0.237 e. The summed E-state index contributed by atoms with van der Waals surface area (Å²) in [6.45, 7) is 7.69. The van der Waals surface area contributed by atoms with Crippen LogP contribution >= 0.6 is 0 Å². The molecule has 1 aliphatic carbocycles. The number of nitrogens with zero attached hydrogens (tertiary/aromatic N) is 2. The molecule has 1 saturated carbocycles. The van der Waals surface area contributed by atoms with Crippen LogP contribution in [0.15, 0.2) is 0 Å². The molecule has 5 nitrogen and oxygen atoms in total. The molecule has 17 heavy (non-hydrogen) atoms. The van der Waals surface area contributed by atoms with Gasteiger partial charge in [-0.3, -0.25) is 14.6 Å². The zero-order chi connectivity index (χ0) is 12.3. The molecule has 1 unspecified atom stereocenters. The lowest BCUT2D eigenvalue weighted by atomic mass is 10.2. The van der Waals surface area contributed by atoms with Gasteiger partial charge in [-0.15, -0.1) is 0 Å². The standard InChI is InChI=1S/C12H24N4O/c1-10(12(17)14-11-2-3-11)16-8-6-15(5-4-13)7-9-16/h10-11H,2-9,13H2,1H3,(H,14,17). The molecular weight excluding hydrogens is 216 g/mol. The van der Waals surface area contributed by atoms with Crippen LogP contribution in [0.2, 0.25) is 0 Å². The molecule has 0 radical (unpaired) electrons. The minimum Gasteiger partial charge on any atom is -0.352 e. The first-order valence-corrected chi connectivity index (χ1v) is 6.67. The lowest BCUT2D eigenvalue weighted by Gasteiger charge is -2.37. The summed E-state index contributed by atoms with van der Waals surface area (Å²) < 4.78 is 0. The molecule has 1 heterocycles. The van der Waals surface area contributed by atoms with Gasteiger partial charge >= 0.3 is 0 Å². The maximum Gasteiger partial charge on any atom is 0.237 e. The van der Waals surface area contributed by atoms with Gasteiger partial charge < -0.3 is 11.1 Å². The van der Waals surface area contributed by atoms with E-state index in [2.05, 4.69) is 15.1 Å². The van der Waals surface area contributed by atoms with Crippen molar-refractivity contribution in [2.75, 3.05) is 39.3 Å². The summed E-state index contributed by atoms with van der Waals surface area (Å²) in [5.41, 5.74) is 5.54. The predicted molar refractivity (Wildman–Crippen MR) is 67.7 cm³/mol. The van der Waals surface area contributed by atoms with Crippen LogP contribution in [0.4, 0.5) is 0 Å². The molecule has 5 heteroatoms. The molecule has 1 atom stereocenters. The van der Waals surface area contributed by atoms with Crippen molar-refractivity contribution in [3.05, 3.63) is 0 Å². The number of rotatable bonds is 5. The molecule has 0 aromatic rings. The largest absolute Gasteiger partial charge is 0.352 e. The first-order valence-electron chi connectivity index (χ1n) is 6.67. The van der Waals surface area contributed by atoms with E-state index in [1.165, 1.54) is 0 Å². The average Bonchev–Trinajstić information content (AvgIpc) is 3.13. The van der Waals surface area contributed by atoms with E-state index >= 15 is 0 Å². The maximum atomic E-state index is 11.9. The summed E-state index contributed by atoms with van der Waals surface area (Å²) in [4.78, 5) is 16.5. The molecule has 0 aromatic carbocycles. The molecule has 0 bridgehead atoms. The van der Waals surface area contributed by atoms with Gasteiger partial charge in [0.25, 0.3) is 0 Å². The molecule has 0 spiro atoms. The number of hydrogen-bond donors (Lipinski definition) is 2. The Morgan fingerprint density at radius 1 is 1.35 bits per heavy atom. The Kier molecular flexibility index (Phi) is 4.36. The normalized spacial score (nSPS) is 24.6. The molecule has 1 aliphatic heterocycles. The summed E-state index contributed by atoms with van der Waals surface area (Å²) in [5, 5.41) is 3.07. The predicted octanol–water partition coefficient (Wildman–Crippen LogP) is -0.770. The van der Waals surface area contributed by atoms with Crippen molar-refractivity contribution in [1.29, 1.82) is 0 Å². The fraction of sp³-hybridized carbons (Fsp3) is 0.917. The number of carbonyl (C=O) groups is 1. The fourth-order valence-electron chi connectivity index (χ4n) is 2.27. The van der Waals surface area contributed by atoms with Gasteiger partial charge in [-0.1, -0.05) is 0 Å². The third kappa shape index (κ3) is 3.66. The van der Waals surface area contributed by atoms with Gasteiger partial charge in [-0.2, -0.15) is 0 Å². The van der Waals surface area contributed by atoms with Crippen molar-refractivity contribution >= 4 is 5.91 Å². The molecule has 1 amide bonds. The number of carbonyl (C=O) groups excluding carboxylic acids is 1. The van der Waals surface area contributed by atoms with Crippen molar-refractivity contribution in [2.24, 2.45) is 5.73 Å². The van der Waals surface area contributed by atoms with Crippen molar-refractivity contribution in [3.8, 4) is 0 Å². The van der Waals surface area contributed by atoms with Crippen molar-refractivity contribution in [3.63, 3.8) is 0 Å². The van der Waals surface area contributed by atoms with Gasteiger partial charge in [0.15, 0.2) is 0 Å². The van der Waals surface area contributed by atoms with E-state index < -0.39 is 0 Å². The number of nitrogens with two attached hydrogens (primary N) is 1. The Labute approximate surface area is 103 Å². The Morgan fingerprint density at radius 3 is 2.53 bits per heavy atom. The van der Waals surface area contributed by atoms with E-state index in [9.17, 15) is 4.79 Å². The van der Waals surface area contributed by atoms with Crippen molar-refractivity contribution < 1.29 is 4.79 Å². The Hall–Kier alpha value is -0.650. The molecule has 2 aliphatic rings. The quantitative estimate of drug-likeness (QED) is 0.662. The van der Waals surface area contributed by atoms with E-state index in [1.807, 2.05) is 6.92 Å². The Balaban J connectivity index is 1.72. The number of piperazine rings is 1. The van der Waals surface area contributed by atoms with E-state index in [-0.39, 0.29) is 11.9 Å². The van der Waals surface area contributed by atoms with Gasteiger partial charge in [0, 0.05) is 45.3 Å². The molecule has 0 aromatic heterocycles. The van der Waals surface area contributed by atoms with Crippen LogP contribution in [0.25, 0.3) is 0 Å². The number of amides is 1. The zero-order valence-corrected chi connectivity index (χ0v) is 10.7. The highest BCUT2D eigenvalue weighted by molar-refractivity contribution is 5.81. The molecule has 2 rings (SSSR count). The first kappa shape index (κ1) is 12.8. The molecular formula is C12H24N4O. The van der Waals surface area contributed by atoms with Crippen LogP contribution in [-0.2, 0) is 4.79 Å². The second-order valence-electron chi connectivity index (χ2n) is 5.13. The summed E-state index contributed by atoms with van der Waals surface area (Å²) in [6.07, 6.45) is 2.31. The van der Waals surface area contributed by atoms with Crippen LogP contribution in [0.3, 0.4) is 0 Å². The average molecular weight is 240 g/mol. The Morgan fingerprint density at radius 2 is 2.00 bits per heavy atom. The fourth-order valence-corrected chi connectivity index (χ4v) is 2.27. The molecule has 1 saturated heterocycles. The highest BCUT2D eigenvalue weighted by Gasteiger charge is 2.29. The van der Waals surface area contributed by atoms with E-state index in [1.54, 1.807) is 0 Å². The summed E-state index contributed by atoms with van der Waals surface area (Å²) in [6, 6.07) is 0.471. The summed E-state index contributed by atoms with van der Waals surface area (Å²) >= 11 is 0. The maximum absolute atomic E-state index is 11.9. The van der Waals surface area contributed by atoms with Crippen LogP contribution in [-0.4, -0.2) is 67.1 Å². The van der Waals surface area contributed by atoms with Gasteiger partial charge in [0.05, 0.1) is 6.04 Å². The van der Waals surface area contributed by atoms with Crippen LogP contribution < -0.4 is 11.1 Å². The molecule has 2 fully saturated rings. The molecule has 98 valence electrons. The highest BCUT2D eigenvalue weighted by atomic mass is 16.2. The SMILES string of the molecule is CC(C(=O)NC1CC1)N1CCN(CCN)CC1. The minimum atomic E-state index is 0.00984. The lowest BCUT2D eigenvalue weighted by Crippen LogP contribution is -2.54. The van der Waals surface area contributed by atoms with Crippen LogP contribution in [0, 0.1) is 0 Å². The van der Waals surface area contributed by atoms with Crippen LogP contribution in [0.5, 0.6) is 0 Å². The highest BCUT2D eigenvalue weighted by Crippen LogP contribution is 2.19. The first-order chi connectivity index (χ1) is 8.20. The lowest BCUT2D eigenvalue weighted by molar-refractivity contribution is -0.126. The van der Waals surface area contributed by atoms with E-state index in [0.717, 1.165) is 52.1 Å². The molecule has 3 N–H and O–H groups in total. The number of nitrogens with one attached hydrogen (secondary N) is 1. The van der Waals surface area contributed by atoms with Crippen molar-refractivity contribution in [1.82, 2.24) is 15.1 Å². The zero-order valence-electron chi connectivity index (χ0n) is 10.7. The second-order valence-corrected chi connectivity index (χ2v) is 5.13. The third-order valence-electron chi connectivity index (χ3n) is 3.70. The Bertz CT molecular complexity index is 259. The minimum absolute atomic E-state index is 0.00984. The van der Waals surface area contributed by atoms with Crippen molar-refractivity contribution in [2.45, 2.75) is 31.8 Å². The number of hydrogen-bond acceptors (Lipinski definition) is 4. The van der Waals surface area contributed by atoms with E-state index in [4.69, 9.17) is 5.73 Å². The monoisotopic (exact) mass is 240 g/mol. The van der Waals surface area contributed by atoms with Gasteiger partial charge in [0.1, 0.15) is 0 Å². The third-order valence-corrected chi connectivity index (χ3v) is 3.70. The summed E-state index contributed by atoms with van der Waals surface area (Å²) in [7, 11) is 0. The van der Waals surface area contributed by atoms with Gasteiger partial charge in [0.2, 0.25) is 5.91 Å². The second kappa shape index (κ2) is 5.80. The van der Waals surface area contributed by atoms with Crippen LogP contribution in [0.1, 0.15) is 19.8 Å². The van der Waals surface area contributed by atoms with E-state index in [0.29, 0.717) is 6.04 Å². The van der Waals surface area contributed by atoms with Gasteiger partial charge in [-0.25, -0.2) is 0 Å².